The Bertz CT molecular complexity index is 1250. The normalized spacial score (nSPS) is 10.6. The van der Waals surface area contributed by atoms with Crippen LogP contribution in [-0.4, -0.2) is 35.3 Å². The number of rotatable bonds is 8. The molecule has 0 unspecified atom stereocenters. The molecule has 0 aliphatic carbocycles. The van der Waals surface area contributed by atoms with Crippen molar-refractivity contribution in [3.63, 3.8) is 0 Å². The molecule has 8 nitrogen and oxygen atoms in total. The third-order valence-corrected chi connectivity index (χ3v) is 5.07. The monoisotopic (exact) mass is 458 g/mol. The SMILES string of the molecule is CC(C)CNC(=O)c1ccc(-c2cccc(C(=O)Nc3ccc(C(=N)N)cc3)c2)c(C(=O)O)c1. The van der Waals surface area contributed by atoms with Crippen LogP contribution < -0.4 is 16.4 Å². The van der Waals surface area contributed by atoms with E-state index in [4.69, 9.17) is 11.1 Å². The molecule has 174 valence electrons. The van der Waals surface area contributed by atoms with Crippen molar-refractivity contribution in [1.29, 1.82) is 5.41 Å². The summed E-state index contributed by atoms with van der Waals surface area (Å²) in [4.78, 5) is 37.1. The Morgan fingerprint density at radius 1 is 0.912 bits per heavy atom. The van der Waals surface area contributed by atoms with E-state index in [0.717, 1.165) is 0 Å². The zero-order valence-corrected chi connectivity index (χ0v) is 18.9. The maximum Gasteiger partial charge on any atom is 0.336 e. The fourth-order valence-electron chi connectivity index (χ4n) is 3.28. The van der Waals surface area contributed by atoms with Gasteiger partial charge in [0.15, 0.2) is 0 Å². The summed E-state index contributed by atoms with van der Waals surface area (Å²) in [7, 11) is 0. The number of benzene rings is 3. The average molecular weight is 459 g/mol. The number of hydrogen-bond donors (Lipinski definition) is 5. The molecule has 0 atom stereocenters. The van der Waals surface area contributed by atoms with Crippen LogP contribution in [0.3, 0.4) is 0 Å². The lowest BCUT2D eigenvalue weighted by Gasteiger charge is -2.12. The van der Waals surface area contributed by atoms with Gasteiger partial charge < -0.3 is 21.5 Å². The largest absolute Gasteiger partial charge is 0.478 e. The van der Waals surface area contributed by atoms with Crippen molar-refractivity contribution in [2.75, 3.05) is 11.9 Å². The molecular weight excluding hydrogens is 432 g/mol. The van der Waals surface area contributed by atoms with Crippen LogP contribution in [0.5, 0.6) is 0 Å². The molecule has 0 fully saturated rings. The molecule has 8 heteroatoms. The lowest BCUT2D eigenvalue weighted by Crippen LogP contribution is -2.27. The molecule has 6 N–H and O–H groups in total. The second-order valence-electron chi connectivity index (χ2n) is 8.20. The quantitative estimate of drug-likeness (QED) is 0.256. The Morgan fingerprint density at radius 2 is 1.56 bits per heavy atom. The number of carboxylic acids is 1. The molecular formula is C26H26N4O4. The van der Waals surface area contributed by atoms with Gasteiger partial charge >= 0.3 is 5.97 Å². The van der Waals surface area contributed by atoms with Gasteiger partial charge in [-0.1, -0.05) is 32.0 Å². The maximum atomic E-state index is 12.8. The van der Waals surface area contributed by atoms with Crippen LogP contribution in [0.1, 0.15) is 50.5 Å². The molecule has 0 aliphatic heterocycles. The van der Waals surface area contributed by atoms with Gasteiger partial charge in [0, 0.05) is 28.9 Å². The number of carboxylic acid groups (broad SMARTS) is 1. The third-order valence-electron chi connectivity index (χ3n) is 5.07. The number of amides is 2. The maximum absolute atomic E-state index is 12.8. The molecule has 0 saturated carbocycles. The fourth-order valence-corrected chi connectivity index (χ4v) is 3.28. The lowest BCUT2D eigenvalue weighted by molar-refractivity contribution is 0.0697. The molecule has 0 bridgehead atoms. The number of nitrogen functional groups attached to an aromatic ring is 1. The van der Waals surface area contributed by atoms with Crippen LogP contribution in [0.4, 0.5) is 5.69 Å². The molecule has 3 rings (SSSR count). The number of nitrogens with one attached hydrogen (secondary N) is 3. The molecule has 3 aromatic carbocycles. The topological polar surface area (TPSA) is 145 Å². The van der Waals surface area contributed by atoms with E-state index >= 15 is 0 Å². The lowest BCUT2D eigenvalue weighted by atomic mass is 9.95. The van der Waals surface area contributed by atoms with Gasteiger partial charge in [0.05, 0.1) is 5.56 Å². The molecule has 34 heavy (non-hydrogen) atoms. The summed E-state index contributed by atoms with van der Waals surface area (Å²) >= 11 is 0. The molecule has 3 aromatic rings. The number of hydrogen-bond acceptors (Lipinski definition) is 4. The van der Waals surface area contributed by atoms with Gasteiger partial charge in [0.2, 0.25) is 0 Å². The molecule has 0 spiro atoms. The summed E-state index contributed by atoms with van der Waals surface area (Å²) in [6.07, 6.45) is 0. The number of carbonyl (C=O) groups is 3. The summed E-state index contributed by atoms with van der Waals surface area (Å²) in [5, 5.41) is 22.7. The highest BCUT2D eigenvalue weighted by molar-refractivity contribution is 6.06. The fraction of sp³-hybridized carbons (Fsp3) is 0.154. The number of nitrogens with two attached hydrogens (primary N) is 1. The van der Waals surface area contributed by atoms with Crippen LogP contribution in [-0.2, 0) is 0 Å². The Labute approximate surface area is 197 Å². The number of amidine groups is 1. The molecule has 2 amide bonds. The van der Waals surface area contributed by atoms with Crippen molar-refractivity contribution in [3.05, 3.63) is 89.0 Å². The van der Waals surface area contributed by atoms with Gasteiger partial charge in [-0.15, -0.1) is 0 Å². The Balaban J connectivity index is 1.86. The van der Waals surface area contributed by atoms with Crippen LogP contribution >= 0.6 is 0 Å². The Morgan fingerprint density at radius 3 is 2.18 bits per heavy atom. The summed E-state index contributed by atoms with van der Waals surface area (Å²) in [6, 6.07) is 17.6. The van der Waals surface area contributed by atoms with Gasteiger partial charge in [-0.05, 0) is 65.6 Å². The minimum atomic E-state index is -1.17. The van der Waals surface area contributed by atoms with Gasteiger partial charge in [0.25, 0.3) is 11.8 Å². The first kappa shape index (κ1) is 24.2. The van der Waals surface area contributed by atoms with Crippen LogP contribution in [0, 0.1) is 11.3 Å². The predicted molar refractivity (Wildman–Crippen MR) is 131 cm³/mol. The summed E-state index contributed by atoms with van der Waals surface area (Å²) in [5.74, 6) is -1.69. The molecule has 0 aromatic heterocycles. The summed E-state index contributed by atoms with van der Waals surface area (Å²) in [6.45, 7) is 4.42. The van der Waals surface area contributed by atoms with E-state index in [-0.39, 0.29) is 34.7 Å². The summed E-state index contributed by atoms with van der Waals surface area (Å²) in [5.41, 5.74) is 8.01. The van der Waals surface area contributed by atoms with Gasteiger partial charge in [-0.2, -0.15) is 0 Å². The Kier molecular flexibility index (Phi) is 7.43. The van der Waals surface area contributed by atoms with E-state index in [2.05, 4.69) is 10.6 Å². The van der Waals surface area contributed by atoms with Gasteiger partial charge in [-0.3, -0.25) is 15.0 Å². The van der Waals surface area contributed by atoms with E-state index in [0.29, 0.717) is 34.5 Å². The van der Waals surface area contributed by atoms with Crippen molar-refractivity contribution in [1.82, 2.24) is 5.32 Å². The predicted octanol–water partition coefficient (Wildman–Crippen LogP) is 3.97. The van der Waals surface area contributed by atoms with E-state index in [1.807, 2.05) is 13.8 Å². The Hall–Kier alpha value is -4.46. The minimum Gasteiger partial charge on any atom is -0.478 e. The van der Waals surface area contributed by atoms with Crippen molar-refractivity contribution in [3.8, 4) is 11.1 Å². The molecule has 0 aliphatic rings. The number of carbonyl (C=O) groups excluding carboxylic acids is 2. The average Bonchev–Trinajstić information content (AvgIpc) is 2.82. The second kappa shape index (κ2) is 10.4. The molecule has 0 radical (unpaired) electrons. The first-order valence-electron chi connectivity index (χ1n) is 10.7. The van der Waals surface area contributed by atoms with Gasteiger partial charge in [-0.25, -0.2) is 4.79 Å². The highest BCUT2D eigenvalue weighted by atomic mass is 16.4. The van der Waals surface area contributed by atoms with Gasteiger partial charge in [0.1, 0.15) is 5.84 Å². The first-order valence-corrected chi connectivity index (χ1v) is 10.7. The third kappa shape index (κ3) is 5.86. The van der Waals surface area contributed by atoms with Crippen molar-refractivity contribution < 1.29 is 19.5 Å². The van der Waals surface area contributed by atoms with Crippen molar-refractivity contribution in [2.24, 2.45) is 11.7 Å². The van der Waals surface area contributed by atoms with E-state index in [9.17, 15) is 19.5 Å². The number of anilines is 1. The zero-order chi connectivity index (χ0) is 24.8. The van der Waals surface area contributed by atoms with E-state index in [1.54, 1.807) is 60.7 Å². The first-order chi connectivity index (χ1) is 16.2. The minimum absolute atomic E-state index is 0.0328. The molecule has 0 saturated heterocycles. The van der Waals surface area contributed by atoms with Crippen molar-refractivity contribution in [2.45, 2.75) is 13.8 Å². The number of aromatic carboxylic acids is 1. The second-order valence-corrected chi connectivity index (χ2v) is 8.20. The standard InChI is InChI=1S/C26H26N4O4/c1-15(2)14-29-24(31)19-8-11-21(22(13-19)26(33)34)17-4-3-5-18(12-17)25(32)30-20-9-6-16(7-10-20)23(27)28/h3-13,15H,14H2,1-2H3,(H3,27,28)(H,29,31)(H,30,32)(H,33,34). The molecule has 0 heterocycles. The summed E-state index contributed by atoms with van der Waals surface area (Å²) < 4.78 is 0. The smallest absolute Gasteiger partial charge is 0.336 e. The highest BCUT2D eigenvalue weighted by Crippen LogP contribution is 2.26. The highest BCUT2D eigenvalue weighted by Gasteiger charge is 2.17. The zero-order valence-electron chi connectivity index (χ0n) is 18.9. The van der Waals surface area contributed by atoms with Crippen LogP contribution in [0.15, 0.2) is 66.7 Å². The van der Waals surface area contributed by atoms with E-state index in [1.165, 1.54) is 6.07 Å². The van der Waals surface area contributed by atoms with E-state index < -0.39 is 5.97 Å². The van der Waals surface area contributed by atoms with Crippen LogP contribution in [0.25, 0.3) is 11.1 Å². The van der Waals surface area contributed by atoms with Crippen molar-refractivity contribution >= 4 is 29.3 Å². The van der Waals surface area contributed by atoms with Crippen LogP contribution in [0.2, 0.25) is 0 Å².